The Balaban J connectivity index is 1.85. The van der Waals surface area contributed by atoms with Gasteiger partial charge in [0.25, 0.3) is 5.91 Å². The maximum Gasteiger partial charge on any atom is 0.573 e. The van der Waals surface area contributed by atoms with Gasteiger partial charge in [0.05, 0.1) is 11.6 Å². The first-order valence-electron chi connectivity index (χ1n) is 10.3. The molecule has 10 heteroatoms. The number of carboxylic acid groups (broad SMARTS) is 1. The maximum atomic E-state index is 12.8. The molecule has 4 rings (SSSR count). The van der Waals surface area contributed by atoms with Crippen molar-refractivity contribution in [1.29, 1.82) is 0 Å². The minimum absolute atomic E-state index is 0.120. The van der Waals surface area contributed by atoms with Gasteiger partial charge < -0.3 is 24.8 Å². The zero-order valence-electron chi connectivity index (χ0n) is 17.3. The second-order valence-electron chi connectivity index (χ2n) is 7.82. The molecule has 2 aromatic rings. The average molecular weight is 462 g/mol. The molecule has 7 nitrogen and oxygen atoms in total. The van der Waals surface area contributed by atoms with Crippen LogP contribution in [0.1, 0.15) is 41.0 Å². The highest BCUT2D eigenvalue weighted by Gasteiger charge is 2.34. The number of aliphatic hydroxyl groups excluding tert-OH is 1. The minimum atomic E-state index is -4.85. The van der Waals surface area contributed by atoms with Gasteiger partial charge in [-0.25, -0.2) is 4.79 Å². The number of carbonyl (C=O) groups is 2. The number of hydrogen-bond acceptors (Lipinski definition) is 4. The fourth-order valence-electron chi connectivity index (χ4n) is 4.33. The standard InChI is InChI=1S/C23H21F3N2O5/c24-23(25,26)33-17-3-1-2-15(10-17)18-11-19-21(30)27-12-16(8-9-29)28(19)20(18)13-4-6-14(7-5-13)22(31)32/h1-4,6-7,10-11,13,16,29H,5,8-9,12H2,(H,27,30)(H,31,32). The normalized spacial score (nSPS) is 20.1. The number of aliphatic hydroxyl groups is 1. The number of carbonyl (C=O) groups excluding carboxylic acids is 1. The molecule has 0 bridgehead atoms. The van der Waals surface area contributed by atoms with Crippen molar-refractivity contribution in [3.63, 3.8) is 0 Å². The molecule has 1 aromatic carbocycles. The molecule has 1 aromatic heterocycles. The first kappa shape index (κ1) is 22.7. The summed E-state index contributed by atoms with van der Waals surface area (Å²) < 4.78 is 44.1. The number of carboxylic acids is 1. The number of aromatic nitrogens is 1. The van der Waals surface area contributed by atoms with E-state index in [4.69, 9.17) is 0 Å². The second kappa shape index (κ2) is 8.78. The topological polar surface area (TPSA) is 101 Å². The van der Waals surface area contributed by atoms with E-state index in [0.717, 1.165) is 0 Å². The van der Waals surface area contributed by atoms with E-state index in [2.05, 4.69) is 10.1 Å². The van der Waals surface area contributed by atoms with E-state index in [0.29, 0.717) is 35.4 Å². The summed E-state index contributed by atoms with van der Waals surface area (Å²) in [6.07, 6.45) is 0.613. The fraction of sp³-hybridized carbons (Fsp3) is 0.304. The zero-order chi connectivity index (χ0) is 23.8. The molecule has 2 atom stereocenters. The molecule has 174 valence electrons. The monoisotopic (exact) mass is 462 g/mol. The van der Waals surface area contributed by atoms with Crippen molar-refractivity contribution < 1.29 is 37.7 Å². The number of hydrogen-bond donors (Lipinski definition) is 3. The lowest BCUT2D eigenvalue weighted by Gasteiger charge is -2.30. The highest BCUT2D eigenvalue weighted by atomic mass is 19.4. The third-order valence-corrected chi connectivity index (χ3v) is 5.71. The number of aliphatic carboxylic acids is 1. The van der Waals surface area contributed by atoms with Gasteiger partial charge in [0.2, 0.25) is 0 Å². The molecule has 2 aliphatic rings. The number of alkyl halides is 3. The van der Waals surface area contributed by atoms with Crippen LogP contribution in [-0.2, 0) is 4.79 Å². The van der Waals surface area contributed by atoms with Crippen molar-refractivity contribution in [2.45, 2.75) is 31.2 Å². The average Bonchev–Trinajstić information content (AvgIpc) is 3.17. The SMILES string of the molecule is O=C(O)C1=CCC(c2c(-c3cccc(OC(F)(F)F)c3)cc3n2C(CCO)CNC3=O)C=C1. The third-order valence-electron chi connectivity index (χ3n) is 5.71. The Kier molecular flexibility index (Phi) is 6.03. The number of allylic oxidation sites excluding steroid dienone is 2. The lowest BCUT2D eigenvalue weighted by Crippen LogP contribution is -2.40. The number of nitrogens with one attached hydrogen (secondary N) is 1. The smallest absolute Gasteiger partial charge is 0.478 e. The van der Waals surface area contributed by atoms with Gasteiger partial charge in [-0.1, -0.05) is 30.4 Å². The molecular formula is C23H21F3N2O5. The van der Waals surface area contributed by atoms with Gasteiger partial charge in [-0.2, -0.15) is 0 Å². The summed E-state index contributed by atoms with van der Waals surface area (Å²) in [7, 11) is 0. The molecule has 3 N–H and O–H groups in total. The molecule has 0 radical (unpaired) electrons. The Bertz CT molecular complexity index is 1150. The summed E-state index contributed by atoms with van der Waals surface area (Å²) in [5.41, 5.74) is 2.10. The molecule has 0 saturated heterocycles. The van der Waals surface area contributed by atoms with Crippen LogP contribution >= 0.6 is 0 Å². The van der Waals surface area contributed by atoms with Crippen LogP contribution in [0, 0.1) is 0 Å². The van der Waals surface area contributed by atoms with Crippen LogP contribution in [0.5, 0.6) is 5.75 Å². The van der Waals surface area contributed by atoms with Crippen LogP contribution in [0.15, 0.2) is 54.1 Å². The number of rotatable bonds is 6. The van der Waals surface area contributed by atoms with E-state index in [1.54, 1.807) is 24.3 Å². The number of nitrogens with zero attached hydrogens (tertiary/aromatic N) is 1. The number of halogens is 3. The van der Waals surface area contributed by atoms with Gasteiger partial charge in [0, 0.05) is 30.3 Å². The third kappa shape index (κ3) is 4.65. The molecule has 2 heterocycles. The lowest BCUT2D eigenvalue weighted by atomic mass is 9.89. The summed E-state index contributed by atoms with van der Waals surface area (Å²) >= 11 is 0. The van der Waals surface area contributed by atoms with E-state index < -0.39 is 18.1 Å². The Labute approximate surface area is 186 Å². The van der Waals surface area contributed by atoms with Crippen molar-refractivity contribution in [3.8, 4) is 16.9 Å². The van der Waals surface area contributed by atoms with Crippen LogP contribution in [0.4, 0.5) is 13.2 Å². The van der Waals surface area contributed by atoms with E-state index in [1.165, 1.54) is 24.3 Å². The van der Waals surface area contributed by atoms with E-state index in [1.807, 2.05) is 4.57 Å². The highest BCUT2D eigenvalue weighted by Crippen LogP contribution is 2.41. The van der Waals surface area contributed by atoms with Gasteiger partial charge in [-0.05, 0) is 36.6 Å². The number of benzene rings is 1. The molecule has 33 heavy (non-hydrogen) atoms. The molecule has 2 unspecified atom stereocenters. The maximum absolute atomic E-state index is 12.8. The number of fused-ring (bicyclic) bond motifs is 1. The van der Waals surface area contributed by atoms with Gasteiger partial charge in [-0.15, -0.1) is 13.2 Å². The van der Waals surface area contributed by atoms with E-state index >= 15 is 0 Å². The van der Waals surface area contributed by atoms with Crippen LogP contribution < -0.4 is 10.1 Å². The first-order chi connectivity index (χ1) is 15.7. The second-order valence-corrected chi connectivity index (χ2v) is 7.82. The van der Waals surface area contributed by atoms with Crippen LogP contribution in [0.25, 0.3) is 11.1 Å². The first-order valence-corrected chi connectivity index (χ1v) is 10.3. The fourth-order valence-corrected chi connectivity index (χ4v) is 4.33. The van der Waals surface area contributed by atoms with Crippen LogP contribution in [-0.4, -0.2) is 46.2 Å². The van der Waals surface area contributed by atoms with Gasteiger partial charge >= 0.3 is 12.3 Å². The molecule has 0 spiro atoms. The highest BCUT2D eigenvalue weighted by molar-refractivity contribution is 5.96. The molecule has 0 fully saturated rings. The van der Waals surface area contributed by atoms with Gasteiger partial charge in [0.15, 0.2) is 0 Å². The number of amides is 1. The predicted octanol–water partition coefficient (Wildman–Crippen LogP) is 3.78. The Morgan fingerprint density at radius 2 is 2.06 bits per heavy atom. The zero-order valence-corrected chi connectivity index (χ0v) is 17.3. The van der Waals surface area contributed by atoms with Crippen molar-refractivity contribution in [2.75, 3.05) is 13.2 Å². The van der Waals surface area contributed by atoms with E-state index in [-0.39, 0.29) is 36.6 Å². The van der Waals surface area contributed by atoms with Crippen molar-refractivity contribution in [1.82, 2.24) is 9.88 Å². The van der Waals surface area contributed by atoms with Crippen molar-refractivity contribution in [2.24, 2.45) is 0 Å². The van der Waals surface area contributed by atoms with E-state index in [9.17, 15) is 33.0 Å². The molecular weight excluding hydrogens is 441 g/mol. The van der Waals surface area contributed by atoms with Crippen molar-refractivity contribution >= 4 is 11.9 Å². The Morgan fingerprint density at radius 3 is 2.70 bits per heavy atom. The summed E-state index contributed by atoms with van der Waals surface area (Å²) in [4.78, 5) is 23.9. The predicted molar refractivity (Wildman–Crippen MR) is 112 cm³/mol. The van der Waals surface area contributed by atoms with Crippen LogP contribution in [0.3, 0.4) is 0 Å². The summed E-state index contributed by atoms with van der Waals surface area (Å²) in [6.45, 7) is 0.169. The lowest BCUT2D eigenvalue weighted by molar-refractivity contribution is -0.274. The largest absolute Gasteiger partial charge is 0.573 e. The molecule has 0 saturated carbocycles. The Hall–Kier alpha value is -3.53. The summed E-state index contributed by atoms with van der Waals surface area (Å²) in [5.74, 6) is -2.10. The van der Waals surface area contributed by atoms with Crippen LogP contribution in [0.2, 0.25) is 0 Å². The quantitative estimate of drug-likeness (QED) is 0.607. The molecule has 1 aliphatic carbocycles. The van der Waals surface area contributed by atoms with Crippen molar-refractivity contribution in [3.05, 3.63) is 65.5 Å². The minimum Gasteiger partial charge on any atom is -0.478 e. The van der Waals surface area contributed by atoms with Gasteiger partial charge in [0.1, 0.15) is 11.4 Å². The summed E-state index contributed by atoms with van der Waals surface area (Å²) in [5, 5.41) is 21.6. The number of ether oxygens (including phenoxy) is 1. The molecule has 1 aliphatic heterocycles. The summed E-state index contributed by atoms with van der Waals surface area (Å²) in [6, 6.07) is 6.85. The molecule has 1 amide bonds. The van der Waals surface area contributed by atoms with Gasteiger partial charge in [-0.3, -0.25) is 4.79 Å². The Morgan fingerprint density at radius 1 is 1.27 bits per heavy atom.